The third-order valence-electron chi connectivity index (χ3n) is 3.12. The van der Waals surface area contributed by atoms with Crippen molar-refractivity contribution in [2.45, 2.75) is 44.8 Å². The van der Waals surface area contributed by atoms with E-state index in [0.717, 1.165) is 24.3 Å². The Morgan fingerprint density at radius 1 is 1.25 bits per heavy atom. The number of nitrogens with one attached hydrogen (secondary N) is 1. The van der Waals surface area contributed by atoms with Crippen LogP contribution in [0, 0.1) is 0 Å². The molecule has 0 amide bonds. The summed E-state index contributed by atoms with van der Waals surface area (Å²) in [4.78, 5) is 0. The third kappa shape index (κ3) is 6.28. The SMILES string of the molecule is CCCNC(CCC(F)(F)F)Cc1ccccc1OC. The topological polar surface area (TPSA) is 21.3 Å². The zero-order chi connectivity index (χ0) is 15.0. The van der Waals surface area contributed by atoms with Gasteiger partial charge in [0.25, 0.3) is 0 Å². The molecule has 0 saturated heterocycles. The van der Waals surface area contributed by atoms with Crippen LogP contribution >= 0.6 is 0 Å². The second-order valence-electron chi connectivity index (χ2n) is 4.82. The molecule has 0 saturated carbocycles. The number of benzene rings is 1. The molecule has 1 aromatic carbocycles. The van der Waals surface area contributed by atoms with Gasteiger partial charge in [-0.15, -0.1) is 0 Å². The Hall–Kier alpha value is -1.23. The lowest BCUT2D eigenvalue weighted by molar-refractivity contribution is -0.136. The minimum atomic E-state index is -4.10. The molecule has 0 fully saturated rings. The quantitative estimate of drug-likeness (QED) is 0.782. The van der Waals surface area contributed by atoms with Crippen molar-refractivity contribution in [3.05, 3.63) is 29.8 Å². The van der Waals surface area contributed by atoms with Crippen molar-refractivity contribution in [1.82, 2.24) is 5.32 Å². The van der Waals surface area contributed by atoms with E-state index in [1.165, 1.54) is 0 Å². The fraction of sp³-hybridized carbons (Fsp3) is 0.600. The van der Waals surface area contributed by atoms with Crippen LogP contribution in [0.5, 0.6) is 5.75 Å². The largest absolute Gasteiger partial charge is 0.496 e. The van der Waals surface area contributed by atoms with Gasteiger partial charge in [0.15, 0.2) is 0 Å². The molecule has 114 valence electrons. The van der Waals surface area contributed by atoms with E-state index in [1.807, 2.05) is 31.2 Å². The number of halogens is 3. The average molecular weight is 289 g/mol. The molecule has 0 aliphatic rings. The van der Waals surface area contributed by atoms with E-state index in [4.69, 9.17) is 4.74 Å². The predicted octanol–water partition coefficient (Wildman–Crippen LogP) is 3.95. The van der Waals surface area contributed by atoms with Gasteiger partial charge in [0.2, 0.25) is 0 Å². The zero-order valence-corrected chi connectivity index (χ0v) is 12.0. The molecule has 1 unspecified atom stereocenters. The summed E-state index contributed by atoms with van der Waals surface area (Å²) in [6, 6.07) is 7.27. The Morgan fingerprint density at radius 2 is 1.95 bits per heavy atom. The van der Waals surface area contributed by atoms with Crippen LogP contribution in [0.2, 0.25) is 0 Å². The molecule has 20 heavy (non-hydrogen) atoms. The molecule has 0 aromatic heterocycles. The normalized spacial score (nSPS) is 13.2. The van der Waals surface area contributed by atoms with E-state index in [-0.39, 0.29) is 12.5 Å². The van der Waals surface area contributed by atoms with E-state index in [9.17, 15) is 13.2 Å². The predicted molar refractivity (Wildman–Crippen MR) is 74.1 cm³/mol. The standard InChI is InChI=1S/C15H22F3NO/c1-3-10-19-13(8-9-15(16,17)18)11-12-6-4-5-7-14(12)20-2/h4-7,13,19H,3,8-11H2,1-2H3. The van der Waals surface area contributed by atoms with Crippen molar-refractivity contribution in [1.29, 1.82) is 0 Å². The highest BCUT2D eigenvalue weighted by Gasteiger charge is 2.28. The van der Waals surface area contributed by atoms with Crippen molar-refractivity contribution in [3.8, 4) is 5.75 Å². The summed E-state index contributed by atoms with van der Waals surface area (Å²) in [5, 5.41) is 3.19. The third-order valence-corrected chi connectivity index (χ3v) is 3.12. The minimum absolute atomic E-state index is 0.0849. The molecule has 0 heterocycles. The van der Waals surface area contributed by atoms with Crippen LogP contribution in [-0.2, 0) is 6.42 Å². The zero-order valence-electron chi connectivity index (χ0n) is 12.0. The first kappa shape index (κ1) is 16.8. The number of alkyl halides is 3. The molecule has 5 heteroatoms. The molecule has 0 radical (unpaired) electrons. The fourth-order valence-electron chi connectivity index (χ4n) is 2.10. The number of hydrogen-bond donors (Lipinski definition) is 1. The maximum Gasteiger partial charge on any atom is 0.389 e. The highest BCUT2D eigenvalue weighted by Crippen LogP contribution is 2.25. The van der Waals surface area contributed by atoms with E-state index in [0.29, 0.717) is 6.42 Å². The molecule has 1 aromatic rings. The summed E-state index contributed by atoms with van der Waals surface area (Å²) in [7, 11) is 1.57. The van der Waals surface area contributed by atoms with Crippen molar-refractivity contribution < 1.29 is 17.9 Å². The van der Waals surface area contributed by atoms with Gasteiger partial charge in [-0.3, -0.25) is 0 Å². The lowest BCUT2D eigenvalue weighted by atomic mass is 10.0. The molecule has 0 bridgehead atoms. The van der Waals surface area contributed by atoms with Gasteiger partial charge in [0, 0.05) is 12.5 Å². The summed E-state index contributed by atoms with van der Waals surface area (Å²) in [5.74, 6) is 0.725. The second-order valence-corrected chi connectivity index (χ2v) is 4.82. The van der Waals surface area contributed by atoms with Crippen LogP contribution in [0.25, 0.3) is 0 Å². The first-order valence-corrected chi connectivity index (χ1v) is 6.88. The summed E-state index contributed by atoms with van der Waals surface area (Å²) < 4.78 is 42.4. The lowest BCUT2D eigenvalue weighted by Crippen LogP contribution is -2.33. The highest BCUT2D eigenvalue weighted by atomic mass is 19.4. The number of para-hydroxylation sites is 1. The van der Waals surface area contributed by atoms with E-state index < -0.39 is 12.6 Å². The molecule has 1 N–H and O–H groups in total. The van der Waals surface area contributed by atoms with Crippen LogP contribution in [0.1, 0.15) is 31.7 Å². The molecule has 0 aliphatic carbocycles. The molecular formula is C15H22F3NO. The Morgan fingerprint density at radius 3 is 2.55 bits per heavy atom. The maximum absolute atomic E-state index is 12.4. The number of methoxy groups -OCH3 is 1. The van der Waals surface area contributed by atoms with E-state index in [2.05, 4.69) is 5.32 Å². The lowest BCUT2D eigenvalue weighted by Gasteiger charge is -2.20. The second kappa shape index (κ2) is 8.15. The summed E-state index contributed by atoms with van der Waals surface area (Å²) >= 11 is 0. The van der Waals surface area contributed by atoms with Crippen LogP contribution in [0.15, 0.2) is 24.3 Å². The maximum atomic E-state index is 12.4. The molecule has 2 nitrogen and oxygen atoms in total. The first-order chi connectivity index (χ1) is 9.46. The monoisotopic (exact) mass is 289 g/mol. The molecule has 0 spiro atoms. The van der Waals surface area contributed by atoms with Crippen LogP contribution in [0.3, 0.4) is 0 Å². The molecule has 1 rings (SSSR count). The summed E-state index contributed by atoms with van der Waals surface area (Å²) in [5.41, 5.74) is 0.936. The van der Waals surface area contributed by atoms with Gasteiger partial charge in [-0.05, 0) is 37.4 Å². The number of rotatable bonds is 8. The van der Waals surface area contributed by atoms with Crippen LogP contribution in [-0.4, -0.2) is 25.9 Å². The fourth-order valence-corrected chi connectivity index (χ4v) is 2.10. The smallest absolute Gasteiger partial charge is 0.389 e. The molecule has 0 aliphatic heterocycles. The van der Waals surface area contributed by atoms with Crippen LogP contribution in [0.4, 0.5) is 13.2 Å². The Bertz CT molecular complexity index is 393. The Kier molecular flexibility index (Phi) is 6.85. The van der Waals surface area contributed by atoms with Gasteiger partial charge < -0.3 is 10.1 Å². The van der Waals surface area contributed by atoms with Gasteiger partial charge in [0.1, 0.15) is 5.75 Å². The summed E-state index contributed by atoms with van der Waals surface area (Å²) in [6.45, 7) is 2.72. The van der Waals surface area contributed by atoms with Gasteiger partial charge in [-0.1, -0.05) is 25.1 Å². The van der Waals surface area contributed by atoms with Gasteiger partial charge >= 0.3 is 6.18 Å². The average Bonchev–Trinajstić information content (AvgIpc) is 2.41. The van der Waals surface area contributed by atoms with Crippen molar-refractivity contribution in [3.63, 3.8) is 0 Å². The minimum Gasteiger partial charge on any atom is -0.496 e. The Labute approximate surface area is 118 Å². The van der Waals surface area contributed by atoms with Gasteiger partial charge in [0.05, 0.1) is 7.11 Å². The van der Waals surface area contributed by atoms with Gasteiger partial charge in [-0.25, -0.2) is 0 Å². The summed E-state index contributed by atoms with van der Waals surface area (Å²) in [6.07, 6.45) is -3.34. The number of hydrogen-bond acceptors (Lipinski definition) is 2. The van der Waals surface area contributed by atoms with E-state index in [1.54, 1.807) is 7.11 Å². The molecular weight excluding hydrogens is 267 g/mol. The van der Waals surface area contributed by atoms with Crippen molar-refractivity contribution >= 4 is 0 Å². The van der Waals surface area contributed by atoms with Gasteiger partial charge in [-0.2, -0.15) is 13.2 Å². The molecule has 1 atom stereocenters. The van der Waals surface area contributed by atoms with Crippen LogP contribution < -0.4 is 10.1 Å². The van der Waals surface area contributed by atoms with Crippen molar-refractivity contribution in [2.24, 2.45) is 0 Å². The van der Waals surface area contributed by atoms with Crippen molar-refractivity contribution in [2.75, 3.05) is 13.7 Å². The first-order valence-electron chi connectivity index (χ1n) is 6.88. The van der Waals surface area contributed by atoms with E-state index >= 15 is 0 Å². The highest BCUT2D eigenvalue weighted by molar-refractivity contribution is 5.33. The number of ether oxygens (including phenoxy) is 1. The Balaban J connectivity index is 2.67.